The number of aromatic nitrogens is 3. The maximum Gasteiger partial charge on any atom is 0.177 e. The van der Waals surface area contributed by atoms with Crippen LogP contribution in [0.25, 0.3) is 5.82 Å². The average Bonchev–Trinajstić information content (AvgIpc) is 2.88. The molecule has 5 heteroatoms. The lowest BCUT2D eigenvalue weighted by atomic mass is 10.2. The van der Waals surface area contributed by atoms with Gasteiger partial charge in [-0.25, -0.2) is 9.67 Å². The Morgan fingerprint density at radius 2 is 2.40 bits per heavy atom. The monoisotopic (exact) mass is 264 g/mol. The Kier molecular flexibility index (Phi) is 1.98. The number of anilines is 1. The topological polar surface area (TPSA) is 42.7 Å². The highest BCUT2D eigenvalue weighted by atomic mass is 79.9. The molecule has 0 amide bonds. The van der Waals surface area contributed by atoms with Gasteiger partial charge in [-0.15, -0.1) is 0 Å². The predicted molar refractivity (Wildman–Crippen MR) is 61.3 cm³/mol. The van der Waals surface area contributed by atoms with E-state index < -0.39 is 0 Å². The predicted octanol–water partition coefficient (Wildman–Crippen LogP) is 2.00. The molecule has 0 aliphatic carbocycles. The van der Waals surface area contributed by atoms with Crippen molar-refractivity contribution in [3.8, 4) is 5.82 Å². The molecule has 0 saturated heterocycles. The van der Waals surface area contributed by atoms with Crippen molar-refractivity contribution in [3.05, 3.63) is 34.7 Å². The Morgan fingerprint density at radius 3 is 3.20 bits per heavy atom. The summed E-state index contributed by atoms with van der Waals surface area (Å²) >= 11 is 3.51. The molecule has 2 aromatic rings. The molecular formula is C10H9BrN4. The van der Waals surface area contributed by atoms with E-state index in [1.165, 1.54) is 5.56 Å². The van der Waals surface area contributed by atoms with Gasteiger partial charge in [0.2, 0.25) is 0 Å². The maximum atomic E-state index is 4.38. The molecule has 3 rings (SSSR count). The van der Waals surface area contributed by atoms with Crippen LogP contribution in [-0.2, 0) is 6.42 Å². The van der Waals surface area contributed by atoms with Crippen LogP contribution in [0.15, 0.2) is 29.1 Å². The highest BCUT2D eigenvalue weighted by Gasteiger charge is 2.19. The molecule has 0 radical (unpaired) electrons. The van der Waals surface area contributed by atoms with Crippen LogP contribution in [0.4, 0.5) is 5.69 Å². The molecule has 1 N–H and O–H groups in total. The number of halogens is 1. The first-order valence-electron chi connectivity index (χ1n) is 4.77. The third-order valence-electron chi connectivity index (χ3n) is 2.51. The molecule has 76 valence electrons. The fourth-order valence-corrected chi connectivity index (χ4v) is 2.32. The number of fused-ring (bicyclic) bond motifs is 1. The molecule has 15 heavy (non-hydrogen) atoms. The fourth-order valence-electron chi connectivity index (χ4n) is 1.83. The van der Waals surface area contributed by atoms with Crippen molar-refractivity contribution < 1.29 is 0 Å². The first-order chi connectivity index (χ1) is 7.36. The van der Waals surface area contributed by atoms with Gasteiger partial charge in [-0.1, -0.05) is 0 Å². The van der Waals surface area contributed by atoms with E-state index >= 15 is 0 Å². The van der Waals surface area contributed by atoms with Crippen molar-refractivity contribution in [2.45, 2.75) is 6.42 Å². The van der Waals surface area contributed by atoms with Gasteiger partial charge in [0, 0.05) is 29.6 Å². The van der Waals surface area contributed by atoms with E-state index in [0.29, 0.717) is 0 Å². The van der Waals surface area contributed by atoms with Crippen LogP contribution in [0.1, 0.15) is 5.56 Å². The maximum absolute atomic E-state index is 4.38. The molecule has 0 saturated carbocycles. The van der Waals surface area contributed by atoms with Gasteiger partial charge >= 0.3 is 0 Å². The summed E-state index contributed by atoms with van der Waals surface area (Å²) < 4.78 is 2.85. The van der Waals surface area contributed by atoms with Crippen LogP contribution in [0.3, 0.4) is 0 Å². The smallest absolute Gasteiger partial charge is 0.177 e. The van der Waals surface area contributed by atoms with Gasteiger partial charge in [-0.3, -0.25) is 0 Å². The second-order valence-corrected chi connectivity index (χ2v) is 4.27. The van der Waals surface area contributed by atoms with Gasteiger partial charge in [0.1, 0.15) is 0 Å². The summed E-state index contributed by atoms with van der Waals surface area (Å²) in [5.41, 5.74) is 2.38. The Hall–Kier alpha value is -1.36. The van der Waals surface area contributed by atoms with Gasteiger partial charge in [0.15, 0.2) is 5.82 Å². The molecule has 1 aliphatic heterocycles. The average molecular weight is 265 g/mol. The van der Waals surface area contributed by atoms with E-state index in [4.69, 9.17) is 0 Å². The zero-order valence-electron chi connectivity index (χ0n) is 7.94. The first-order valence-corrected chi connectivity index (χ1v) is 5.57. The number of nitrogens with one attached hydrogen (secondary N) is 1. The van der Waals surface area contributed by atoms with Crippen LogP contribution < -0.4 is 5.32 Å². The zero-order chi connectivity index (χ0) is 10.3. The van der Waals surface area contributed by atoms with E-state index in [1.54, 1.807) is 10.9 Å². The van der Waals surface area contributed by atoms with Gasteiger partial charge in [0.25, 0.3) is 0 Å². The number of hydrogen-bond donors (Lipinski definition) is 1. The molecule has 0 aromatic carbocycles. The van der Waals surface area contributed by atoms with Crippen LogP contribution >= 0.6 is 15.9 Å². The molecule has 4 nitrogen and oxygen atoms in total. The van der Waals surface area contributed by atoms with Crippen LogP contribution in [0.5, 0.6) is 0 Å². The lowest BCUT2D eigenvalue weighted by Crippen LogP contribution is -2.03. The van der Waals surface area contributed by atoms with E-state index in [9.17, 15) is 0 Å². The summed E-state index contributed by atoms with van der Waals surface area (Å²) in [6, 6.07) is 1.89. The largest absolute Gasteiger partial charge is 0.381 e. The van der Waals surface area contributed by atoms with Crippen LogP contribution in [0.2, 0.25) is 0 Å². The second-order valence-electron chi connectivity index (χ2n) is 3.41. The minimum absolute atomic E-state index is 0.871. The van der Waals surface area contributed by atoms with Gasteiger partial charge in [-0.05, 0) is 34.0 Å². The summed E-state index contributed by atoms with van der Waals surface area (Å²) in [6.07, 6.45) is 6.52. The summed E-state index contributed by atoms with van der Waals surface area (Å²) in [5, 5.41) is 7.54. The Balaban J connectivity index is 2.22. The SMILES string of the molecule is Brc1cnc(-n2cccn2)c2c1CCN2. The summed E-state index contributed by atoms with van der Waals surface area (Å²) in [5.74, 6) is 0.871. The van der Waals surface area contributed by atoms with Gasteiger partial charge < -0.3 is 5.32 Å². The molecule has 2 aromatic heterocycles. The van der Waals surface area contributed by atoms with Gasteiger partial charge in [0.05, 0.1) is 5.69 Å². The summed E-state index contributed by atoms with van der Waals surface area (Å²) in [4.78, 5) is 4.38. The Morgan fingerprint density at radius 1 is 1.47 bits per heavy atom. The molecule has 0 spiro atoms. The molecule has 0 unspecified atom stereocenters. The van der Waals surface area contributed by atoms with Crippen molar-refractivity contribution in [1.82, 2.24) is 14.8 Å². The van der Waals surface area contributed by atoms with Gasteiger partial charge in [-0.2, -0.15) is 5.10 Å². The third kappa shape index (κ3) is 1.34. The Bertz CT molecular complexity index is 492. The quantitative estimate of drug-likeness (QED) is 0.857. The minimum Gasteiger partial charge on any atom is -0.381 e. The summed E-state index contributed by atoms with van der Waals surface area (Å²) in [7, 11) is 0. The minimum atomic E-state index is 0.871. The normalized spacial score (nSPS) is 13.7. The molecule has 0 bridgehead atoms. The van der Waals surface area contributed by atoms with Crippen LogP contribution in [-0.4, -0.2) is 21.3 Å². The van der Waals surface area contributed by atoms with Crippen molar-refractivity contribution in [1.29, 1.82) is 0 Å². The lowest BCUT2D eigenvalue weighted by molar-refractivity contribution is 0.847. The standard InChI is InChI=1S/C10H9BrN4/c11-8-6-13-10(15-5-1-3-14-15)9-7(8)2-4-12-9/h1,3,5-6,12H,2,4H2. The summed E-state index contributed by atoms with van der Waals surface area (Å²) in [6.45, 7) is 0.966. The van der Waals surface area contributed by atoms with E-state index in [1.807, 2.05) is 18.5 Å². The molecular weight excluding hydrogens is 256 g/mol. The molecule has 3 heterocycles. The number of hydrogen-bond acceptors (Lipinski definition) is 3. The fraction of sp³-hybridized carbons (Fsp3) is 0.200. The third-order valence-corrected chi connectivity index (χ3v) is 3.20. The first kappa shape index (κ1) is 8.91. The molecule has 1 aliphatic rings. The number of nitrogens with zero attached hydrogens (tertiary/aromatic N) is 3. The highest BCUT2D eigenvalue weighted by Crippen LogP contribution is 2.32. The van der Waals surface area contributed by atoms with Crippen molar-refractivity contribution >= 4 is 21.6 Å². The zero-order valence-corrected chi connectivity index (χ0v) is 9.53. The molecule has 0 atom stereocenters. The highest BCUT2D eigenvalue weighted by molar-refractivity contribution is 9.10. The Labute approximate surface area is 95.5 Å². The second kappa shape index (κ2) is 3.34. The van der Waals surface area contributed by atoms with E-state index in [0.717, 1.165) is 28.9 Å². The van der Waals surface area contributed by atoms with E-state index in [-0.39, 0.29) is 0 Å². The lowest BCUT2D eigenvalue weighted by Gasteiger charge is -2.08. The number of pyridine rings is 1. The van der Waals surface area contributed by atoms with E-state index in [2.05, 4.69) is 31.3 Å². The van der Waals surface area contributed by atoms with Crippen molar-refractivity contribution in [3.63, 3.8) is 0 Å². The van der Waals surface area contributed by atoms with Crippen LogP contribution in [0, 0.1) is 0 Å². The van der Waals surface area contributed by atoms with Crippen molar-refractivity contribution in [2.75, 3.05) is 11.9 Å². The van der Waals surface area contributed by atoms with Crippen molar-refractivity contribution in [2.24, 2.45) is 0 Å². The number of rotatable bonds is 1. The molecule has 0 fully saturated rings.